The molecule has 0 spiro atoms. The van der Waals surface area contributed by atoms with Crippen LogP contribution in [0.4, 0.5) is 5.95 Å². The van der Waals surface area contributed by atoms with Crippen molar-refractivity contribution in [3.05, 3.63) is 23.2 Å². The molecule has 102 valence electrons. The number of ether oxygens (including phenoxy) is 1. The number of rotatable bonds is 3. The van der Waals surface area contributed by atoms with Crippen LogP contribution in [0.3, 0.4) is 0 Å². The highest BCUT2D eigenvalue weighted by Crippen LogP contribution is 2.21. The molecule has 6 heteroatoms. The molecular weight excluding hydrogens is 264 g/mol. The molecular formula is C13H17ClN4O. The summed E-state index contributed by atoms with van der Waals surface area (Å²) in [6.07, 6.45) is 0. The van der Waals surface area contributed by atoms with E-state index in [1.807, 2.05) is 22.8 Å². The topological polar surface area (TPSA) is 56.3 Å². The minimum Gasteiger partial charge on any atom is -0.379 e. The lowest BCUT2D eigenvalue weighted by molar-refractivity contribution is 0.0366. The highest BCUT2D eigenvalue weighted by molar-refractivity contribution is 6.31. The van der Waals surface area contributed by atoms with Crippen molar-refractivity contribution < 1.29 is 4.74 Å². The van der Waals surface area contributed by atoms with Gasteiger partial charge in [-0.25, -0.2) is 4.98 Å². The van der Waals surface area contributed by atoms with Crippen LogP contribution >= 0.6 is 11.6 Å². The molecule has 2 heterocycles. The summed E-state index contributed by atoms with van der Waals surface area (Å²) < 4.78 is 7.39. The van der Waals surface area contributed by atoms with Crippen molar-refractivity contribution in [2.24, 2.45) is 0 Å². The zero-order valence-corrected chi connectivity index (χ0v) is 11.4. The van der Waals surface area contributed by atoms with E-state index in [1.165, 1.54) is 0 Å². The fraction of sp³-hybridized carbons (Fsp3) is 0.462. The number of hydrogen-bond acceptors (Lipinski definition) is 4. The summed E-state index contributed by atoms with van der Waals surface area (Å²) in [5.41, 5.74) is 7.88. The minimum absolute atomic E-state index is 0.547. The first-order valence-electron chi connectivity index (χ1n) is 6.45. The number of nitrogens with zero attached hydrogens (tertiary/aromatic N) is 3. The number of nitrogen functional groups attached to an aromatic ring is 1. The number of anilines is 1. The summed E-state index contributed by atoms with van der Waals surface area (Å²) in [5, 5.41) is 0.685. The normalized spacial score (nSPS) is 17.1. The van der Waals surface area contributed by atoms with Gasteiger partial charge in [0, 0.05) is 31.2 Å². The van der Waals surface area contributed by atoms with Crippen molar-refractivity contribution >= 4 is 28.6 Å². The Balaban J connectivity index is 1.78. The molecule has 1 aromatic carbocycles. The van der Waals surface area contributed by atoms with Crippen molar-refractivity contribution in [2.75, 3.05) is 38.6 Å². The SMILES string of the molecule is Nc1nc2cc(Cl)ccc2n1CCN1CCOCC1. The average molecular weight is 281 g/mol. The van der Waals surface area contributed by atoms with Gasteiger partial charge in [-0.3, -0.25) is 4.90 Å². The van der Waals surface area contributed by atoms with Gasteiger partial charge >= 0.3 is 0 Å². The molecule has 3 rings (SSSR count). The summed E-state index contributed by atoms with van der Waals surface area (Å²) in [6.45, 7) is 5.40. The van der Waals surface area contributed by atoms with Crippen molar-refractivity contribution in [1.29, 1.82) is 0 Å². The number of fused-ring (bicyclic) bond motifs is 1. The maximum absolute atomic E-state index is 5.98. The standard InChI is InChI=1S/C13H17ClN4O/c14-10-1-2-12-11(9-10)16-13(15)18(12)4-3-17-5-7-19-8-6-17/h1-2,9H,3-8H2,(H2,15,16). The number of benzene rings is 1. The van der Waals surface area contributed by atoms with E-state index in [9.17, 15) is 0 Å². The predicted octanol–water partition coefficient (Wildman–Crippen LogP) is 1.60. The summed E-state index contributed by atoms with van der Waals surface area (Å²) in [5.74, 6) is 0.547. The summed E-state index contributed by atoms with van der Waals surface area (Å²) in [4.78, 5) is 6.73. The van der Waals surface area contributed by atoms with E-state index in [2.05, 4.69) is 9.88 Å². The predicted molar refractivity (Wildman–Crippen MR) is 76.4 cm³/mol. The summed E-state index contributed by atoms with van der Waals surface area (Å²) in [7, 11) is 0. The highest BCUT2D eigenvalue weighted by Gasteiger charge is 2.13. The monoisotopic (exact) mass is 280 g/mol. The van der Waals surface area contributed by atoms with E-state index in [0.29, 0.717) is 11.0 Å². The van der Waals surface area contributed by atoms with Gasteiger partial charge in [-0.05, 0) is 18.2 Å². The van der Waals surface area contributed by atoms with Crippen LogP contribution in [0.25, 0.3) is 11.0 Å². The Kier molecular flexibility index (Phi) is 3.59. The van der Waals surface area contributed by atoms with E-state index in [1.54, 1.807) is 0 Å². The molecule has 5 nitrogen and oxygen atoms in total. The Hall–Kier alpha value is -1.30. The van der Waals surface area contributed by atoms with Crippen LogP contribution in [0.15, 0.2) is 18.2 Å². The van der Waals surface area contributed by atoms with Gasteiger partial charge in [0.25, 0.3) is 0 Å². The van der Waals surface area contributed by atoms with Crippen LogP contribution in [-0.2, 0) is 11.3 Å². The van der Waals surface area contributed by atoms with Crippen molar-refractivity contribution in [3.8, 4) is 0 Å². The number of halogens is 1. The van der Waals surface area contributed by atoms with Crippen molar-refractivity contribution in [1.82, 2.24) is 14.5 Å². The molecule has 1 fully saturated rings. The fourth-order valence-electron chi connectivity index (χ4n) is 2.42. The Bertz CT molecular complexity index is 577. The Morgan fingerprint density at radius 2 is 2.05 bits per heavy atom. The number of aromatic nitrogens is 2. The van der Waals surface area contributed by atoms with Gasteiger partial charge in [0.05, 0.1) is 24.2 Å². The smallest absolute Gasteiger partial charge is 0.201 e. The number of nitrogens with two attached hydrogens (primary N) is 1. The van der Waals surface area contributed by atoms with Gasteiger partial charge < -0.3 is 15.0 Å². The Morgan fingerprint density at radius 3 is 2.84 bits per heavy atom. The molecule has 0 aliphatic carbocycles. The van der Waals surface area contributed by atoms with Gasteiger partial charge in [-0.15, -0.1) is 0 Å². The molecule has 1 saturated heterocycles. The lowest BCUT2D eigenvalue weighted by atomic mass is 10.3. The van der Waals surface area contributed by atoms with Crippen LogP contribution in [0.1, 0.15) is 0 Å². The van der Waals surface area contributed by atoms with E-state index in [-0.39, 0.29) is 0 Å². The second-order valence-corrected chi connectivity index (χ2v) is 5.15. The maximum atomic E-state index is 5.98. The Labute approximate surface area is 116 Å². The maximum Gasteiger partial charge on any atom is 0.201 e. The number of hydrogen-bond donors (Lipinski definition) is 1. The molecule has 2 aromatic rings. The van der Waals surface area contributed by atoms with E-state index in [0.717, 1.165) is 50.4 Å². The van der Waals surface area contributed by atoms with Crippen LogP contribution < -0.4 is 5.73 Å². The van der Waals surface area contributed by atoms with Gasteiger partial charge in [0.1, 0.15) is 0 Å². The third kappa shape index (κ3) is 2.68. The lowest BCUT2D eigenvalue weighted by Gasteiger charge is -2.26. The first-order chi connectivity index (χ1) is 9.24. The molecule has 0 amide bonds. The number of imidazole rings is 1. The average Bonchev–Trinajstić information content (AvgIpc) is 2.72. The van der Waals surface area contributed by atoms with Gasteiger partial charge in [-0.2, -0.15) is 0 Å². The molecule has 0 atom stereocenters. The second kappa shape index (κ2) is 5.36. The zero-order valence-electron chi connectivity index (χ0n) is 10.7. The number of morpholine rings is 1. The van der Waals surface area contributed by atoms with Crippen LogP contribution in [0, 0.1) is 0 Å². The zero-order chi connectivity index (χ0) is 13.2. The van der Waals surface area contributed by atoms with Crippen LogP contribution in [0.5, 0.6) is 0 Å². The largest absolute Gasteiger partial charge is 0.379 e. The first-order valence-corrected chi connectivity index (χ1v) is 6.83. The molecule has 0 unspecified atom stereocenters. The van der Waals surface area contributed by atoms with E-state index in [4.69, 9.17) is 22.1 Å². The van der Waals surface area contributed by atoms with Gasteiger partial charge in [0.2, 0.25) is 5.95 Å². The van der Waals surface area contributed by atoms with Crippen LogP contribution in [-0.4, -0.2) is 47.3 Å². The third-order valence-electron chi connectivity index (χ3n) is 3.48. The minimum atomic E-state index is 0.547. The van der Waals surface area contributed by atoms with E-state index < -0.39 is 0 Å². The molecule has 19 heavy (non-hydrogen) atoms. The molecule has 1 aliphatic rings. The molecule has 0 radical (unpaired) electrons. The lowest BCUT2D eigenvalue weighted by Crippen LogP contribution is -2.38. The van der Waals surface area contributed by atoms with Gasteiger partial charge in [0.15, 0.2) is 0 Å². The van der Waals surface area contributed by atoms with E-state index >= 15 is 0 Å². The van der Waals surface area contributed by atoms with Gasteiger partial charge in [-0.1, -0.05) is 11.6 Å². The molecule has 1 aromatic heterocycles. The highest BCUT2D eigenvalue weighted by atomic mass is 35.5. The third-order valence-corrected chi connectivity index (χ3v) is 3.72. The van der Waals surface area contributed by atoms with Crippen LogP contribution in [0.2, 0.25) is 5.02 Å². The second-order valence-electron chi connectivity index (χ2n) is 4.71. The molecule has 0 saturated carbocycles. The summed E-state index contributed by atoms with van der Waals surface area (Å²) in [6, 6.07) is 5.69. The molecule has 2 N–H and O–H groups in total. The fourth-order valence-corrected chi connectivity index (χ4v) is 2.59. The molecule has 0 bridgehead atoms. The van der Waals surface area contributed by atoms with Crippen molar-refractivity contribution in [3.63, 3.8) is 0 Å². The quantitative estimate of drug-likeness (QED) is 0.928. The molecule has 1 aliphatic heterocycles. The first kappa shape index (κ1) is 12.7. The van der Waals surface area contributed by atoms with Crippen molar-refractivity contribution in [2.45, 2.75) is 6.54 Å². The Morgan fingerprint density at radius 1 is 1.26 bits per heavy atom. The summed E-state index contributed by atoms with van der Waals surface area (Å²) >= 11 is 5.97.